The van der Waals surface area contributed by atoms with E-state index in [1.54, 1.807) is 4.31 Å². The lowest BCUT2D eigenvalue weighted by molar-refractivity contribution is 0.249. The van der Waals surface area contributed by atoms with Gasteiger partial charge in [0.15, 0.2) is 0 Å². The van der Waals surface area contributed by atoms with Crippen molar-refractivity contribution in [1.29, 1.82) is 0 Å². The molecular formula is C14H29NO2S. The molecule has 0 spiro atoms. The molecule has 108 valence electrons. The highest BCUT2D eigenvalue weighted by molar-refractivity contribution is 7.88. The Morgan fingerprint density at radius 1 is 1.06 bits per heavy atom. The highest BCUT2D eigenvalue weighted by Crippen LogP contribution is 2.19. The molecule has 0 rings (SSSR count). The molecule has 0 aromatic rings. The van der Waals surface area contributed by atoms with Crippen molar-refractivity contribution in [3.05, 3.63) is 12.2 Å². The van der Waals surface area contributed by atoms with Crippen LogP contribution in [0.3, 0.4) is 0 Å². The maximum absolute atomic E-state index is 11.7. The number of allylic oxidation sites excluding steroid dienone is 2. The maximum Gasteiger partial charge on any atom is 0.211 e. The van der Waals surface area contributed by atoms with Crippen LogP contribution < -0.4 is 0 Å². The topological polar surface area (TPSA) is 37.4 Å². The van der Waals surface area contributed by atoms with Gasteiger partial charge >= 0.3 is 0 Å². The zero-order valence-electron chi connectivity index (χ0n) is 12.9. The maximum atomic E-state index is 11.7. The second-order valence-electron chi connectivity index (χ2n) is 6.92. The zero-order valence-corrected chi connectivity index (χ0v) is 13.8. The van der Waals surface area contributed by atoms with Gasteiger partial charge in [0, 0.05) is 12.1 Å². The summed E-state index contributed by atoms with van der Waals surface area (Å²) in [5.74, 6) is 0. The van der Waals surface area contributed by atoms with Gasteiger partial charge in [0.2, 0.25) is 10.0 Å². The largest absolute Gasteiger partial charge is 0.212 e. The van der Waals surface area contributed by atoms with Crippen LogP contribution in [-0.2, 0) is 10.0 Å². The van der Waals surface area contributed by atoms with Gasteiger partial charge in [-0.2, -0.15) is 4.31 Å². The highest BCUT2D eigenvalue weighted by Gasteiger charge is 2.28. The predicted molar refractivity (Wildman–Crippen MR) is 79.1 cm³/mol. The summed E-state index contributed by atoms with van der Waals surface area (Å²) in [6.07, 6.45) is 7.37. The summed E-state index contributed by atoms with van der Waals surface area (Å²) in [6, 6.07) is 0. The molecule has 0 aliphatic carbocycles. The molecule has 0 heterocycles. The Morgan fingerprint density at radius 3 is 1.89 bits per heavy atom. The second-order valence-corrected chi connectivity index (χ2v) is 8.82. The first kappa shape index (κ1) is 17.6. The van der Waals surface area contributed by atoms with Crippen molar-refractivity contribution in [2.75, 3.05) is 12.8 Å². The van der Waals surface area contributed by atoms with E-state index in [2.05, 4.69) is 32.9 Å². The van der Waals surface area contributed by atoms with Crippen LogP contribution in [0.5, 0.6) is 0 Å². The Labute approximate surface area is 113 Å². The molecule has 0 aliphatic rings. The summed E-state index contributed by atoms with van der Waals surface area (Å²) in [6.45, 7) is 12.8. The van der Waals surface area contributed by atoms with E-state index < -0.39 is 10.0 Å². The van der Waals surface area contributed by atoms with Gasteiger partial charge in [0.25, 0.3) is 0 Å². The summed E-state index contributed by atoms with van der Waals surface area (Å²) >= 11 is 0. The molecule has 0 saturated heterocycles. The van der Waals surface area contributed by atoms with E-state index >= 15 is 0 Å². The molecule has 0 unspecified atom stereocenters. The van der Waals surface area contributed by atoms with Crippen molar-refractivity contribution < 1.29 is 8.42 Å². The molecule has 0 aromatic carbocycles. The molecule has 0 atom stereocenters. The molecule has 0 radical (unpaired) electrons. The fourth-order valence-corrected chi connectivity index (χ4v) is 3.24. The van der Waals surface area contributed by atoms with Crippen LogP contribution in [0.25, 0.3) is 0 Å². The summed E-state index contributed by atoms with van der Waals surface area (Å²) in [5, 5.41) is 0. The average molecular weight is 275 g/mol. The van der Waals surface area contributed by atoms with Crippen molar-refractivity contribution in [2.45, 2.75) is 59.9 Å². The number of nitrogens with zero attached hydrogens (tertiary/aromatic N) is 1. The second kappa shape index (κ2) is 6.20. The summed E-state index contributed by atoms with van der Waals surface area (Å²) in [7, 11) is -3.13. The molecule has 0 bridgehead atoms. The van der Waals surface area contributed by atoms with Gasteiger partial charge in [-0.3, -0.25) is 0 Å². The third-order valence-electron chi connectivity index (χ3n) is 2.50. The van der Waals surface area contributed by atoms with E-state index in [1.807, 2.05) is 20.8 Å². The van der Waals surface area contributed by atoms with Crippen LogP contribution in [0.15, 0.2) is 12.2 Å². The van der Waals surface area contributed by atoms with Crippen molar-refractivity contribution in [1.82, 2.24) is 4.31 Å². The summed E-state index contributed by atoms with van der Waals surface area (Å²) < 4.78 is 25.0. The van der Waals surface area contributed by atoms with Crippen LogP contribution in [0.4, 0.5) is 0 Å². The molecule has 3 nitrogen and oxygen atoms in total. The molecule has 0 fully saturated rings. The van der Waals surface area contributed by atoms with Crippen LogP contribution >= 0.6 is 0 Å². The van der Waals surface area contributed by atoms with Gasteiger partial charge in [-0.15, -0.1) is 0 Å². The minimum absolute atomic E-state index is 0.195. The first-order valence-electron chi connectivity index (χ1n) is 6.49. The first-order valence-corrected chi connectivity index (χ1v) is 8.34. The van der Waals surface area contributed by atoms with E-state index in [1.165, 1.54) is 6.26 Å². The van der Waals surface area contributed by atoms with Crippen molar-refractivity contribution in [3.63, 3.8) is 0 Å². The minimum Gasteiger partial charge on any atom is -0.212 e. The third kappa shape index (κ3) is 7.88. The molecule has 0 aliphatic heterocycles. The van der Waals surface area contributed by atoms with Gasteiger partial charge in [-0.25, -0.2) is 8.42 Å². The Hall–Kier alpha value is -0.350. The molecular weight excluding hydrogens is 246 g/mol. The Balaban J connectivity index is 4.38. The molecule has 0 saturated carbocycles. The third-order valence-corrected chi connectivity index (χ3v) is 4.03. The van der Waals surface area contributed by atoms with Gasteiger partial charge in [0.1, 0.15) is 0 Å². The van der Waals surface area contributed by atoms with E-state index in [0.717, 1.165) is 12.8 Å². The molecule has 0 N–H and O–H groups in total. The van der Waals surface area contributed by atoms with Gasteiger partial charge in [-0.05, 0) is 39.0 Å². The highest BCUT2D eigenvalue weighted by atomic mass is 32.2. The lowest BCUT2D eigenvalue weighted by Gasteiger charge is -2.33. The quantitative estimate of drug-likeness (QED) is 0.569. The smallest absolute Gasteiger partial charge is 0.211 e. The SMILES string of the molecule is CC(C)(C)/C=C\CCCN(C(C)(C)C)S(C)(=O)=O. The van der Waals surface area contributed by atoms with Gasteiger partial charge < -0.3 is 0 Å². The predicted octanol–water partition coefficient (Wildman–Crippen LogP) is 3.43. The van der Waals surface area contributed by atoms with Crippen molar-refractivity contribution in [3.8, 4) is 0 Å². The van der Waals surface area contributed by atoms with Crippen molar-refractivity contribution >= 4 is 10.0 Å². The molecule has 18 heavy (non-hydrogen) atoms. The number of hydrogen-bond donors (Lipinski definition) is 0. The van der Waals surface area contributed by atoms with Crippen molar-refractivity contribution in [2.24, 2.45) is 5.41 Å². The fraction of sp³-hybridized carbons (Fsp3) is 0.857. The van der Waals surface area contributed by atoms with Gasteiger partial charge in [-0.1, -0.05) is 32.9 Å². The Bertz CT molecular complexity index is 370. The molecule has 0 aromatic heterocycles. The summed E-state index contributed by atoms with van der Waals surface area (Å²) in [5.41, 5.74) is -0.151. The molecule has 4 heteroatoms. The first-order chi connectivity index (χ1) is 7.84. The van der Waals surface area contributed by atoms with Crippen LogP contribution in [0.1, 0.15) is 54.4 Å². The van der Waals surface area contributed by atoms with Crippen LogP contribution in [0.2, 0.25) is 0 Å². The number of rotatable bonds is 5. The Kier molecular flexibility index (Phi) is 6.08. The zero-order chi connectivity index (χ0) is 14.6. The molecule has 0 amide bonds. The minimum atomic E-state index is -3.13. The number of sulfonamides is 1. The Morgan fingerprint density at radius 2 is 1.56 bits per heavy atom. The van der Waals surface area contributed by atoms with E-state index in [4.69, 9.17) is 0 Å². The lowest BCUT2D eigenvalue weighted by Crippen LogP contribution is -2.45. The van der Waals surface area contributed by atoms with E-state index in [0.29, 0.717) is 6.54 Å². The number of hydrogen-bond acceptors (Lipinski definition) is 2. The monoisotopic (exact) mass is 275 g/mol. The van der Waals surface area contributed by atoms with E-state index in [9.17, 15) is 8.42 Å². The normalized spacial score (nSPS) is 14.7. The number of unbranched alkanes of at least 4 members (excludes halogenated alkanes) is 1. The van der Waals surface area contributed by atoms with Gasteiger partial charge in [0.05, 0.1) is 6.26 Å². The summed E-state index contributed by atoms with van der Waals surface area (Å²) in [4.78, 5) is 0. The van der Waals surface area contributed by atoms with E-state index in [-0.39, 0.29) is 11.0 Å². The standard InChI is InChI=1S/C14H29NO2S/c1-13(2,3)11-9-8-10-12-15(14(4,5)6)18(7,16)17/h9,11H,8,10,12H2,1-7H3/b11-9-. The van der Waals surface area contributed by atoms with Crippen LogP contribution in [-0.4, -0.2) is 31.1 Å². The van der Waals surface area contributed by atoms with Crippen LogP contribution in [0, 0.1) is 5.41 Å². The lowest BCUT2D eigenvalue weighted by atomic mass is 9.96. The average Bonchev–Trinajstić information content (AvgIpc) is 2.04. The fourth-order valence-electron chi connectivity index (χ4n) is 1.79.